The maximum atomic E-state index is 13.8. The molecule has 0 aliphatic heterocycles. The zero-order chi connectivity index (χ0) is 11.4. The monoisotopic (exact) mass is 203 g/mol. The third-order valence-electron chi connectivity index (χ3n) is 2.34. The van der Waals surface area contributed by atoms with Crippen LogP contribution in [-0.4, -0.2) is 23.5 Å². The van der Waals surface area contributed by atoms with Crippen molar-refractivity contribution in [1.82, 2.24) is 4.90 Å². The highest BCUT2D eigenvalue weighted by molar-refractivity contribution is 5.13. The van der Waals surface area contributed by atoms with Gasteiger partial charge in [0.1, 0.15) is 0 Å². The Morgan fingerprint density at radius 3 is 2.43 bits per heavy atom. The highest BCUT2D eigenvalue weighted by Crippen LogP contribution is 2.25. The van der Waals surface area contributed by atoms with Gasteiger partial charge in [0.25, 0.3) is 0 Å². The molecule has 0 radical (unpaired) electrons. The summed E-state index contributed by atoms with van der Waals surface area (Å²) in [5, 5.41) is 0. The normalized spacial score (nSPS) is 17.6. The molecule has 0 fully saturated rings. The summed E-state index contributed by atoms with van der Waals surface area (Å²) in [6.07, 6.45) is 0.425. The van der Waals surface area contributed by atoms with Crippen LogP contribution in [-0.2, 0) is 0 Å². The van der Waals surface area contributed by atoms with Crippen molar-refractivity contribution in [3.63, 3.8) is 0 Å². The smallest absolute Gasteiger partial charge is 0.163 e. The fraction of sp³-hybridized carbons (Fsp3) is 0.636. The number of hydrogen-bond acceptors (Lipinski definition) is 1. The van der Waals surface area contributed by atoms with E-state index in [9.17, 15) is 8.78 Å². The lowest BCUT2D eigenvalue weighted by molar-refractivity contribution is -0.0778. The second-order valence-corrected chi connectivity index (χ2v) is 3.56. The predicted molar refractivity (Wildman–Crippen MR) is 56.4 cm³/mol. The van der Waals surface area contributed by atoms with E-state index in [4.69, 9.17) is 0 Å². The number of rotatable bonds is 6. The van der Waals surface area contributed by atoms with E-state index in [1.165, 1.54) is 19.9 Å². The number of halogens is 2. The summed E-state index contributed by atoms with van der Waals surface area (Å²) in [4.78, 5) is 1.14. The Morgan fingerprint density at radius 2 is 2.14 bits per heavy atom. The predicted octanol–water partition coefficient (Wildman–Crippen LogP) is 3.44. The van der Waals surface area contributed by atoms with E-state index in [2.05, 4.69) is 13.2 Å². The van der Waals surface area contributed by atoms with Gasteiger partial charge in [-0.2, -0.15) is 0 Å². The van der Waals surface area contributed by atoms with E-state index in [1.54, 1.807) is 6.92 Å². The Morgan fingerprint density at radius 1 is 1.64 bits per heavy atom. The van der Waals surface area contributed by atoms with Gasteiger partial charge >= 0.3 is 0 Å². The molecule has 82 valence electrons. The molecule has 0 spiro atoms. The zero-order valence-electron chi connectivity index (χ0n) is 9.19. The molecule has 0 aromatic carbocycles. The zero-order valence-corrected chi connectivity index (χ0v) is 9.19. The first-order valence-electron chi connectivity index (χ1n) is 4.75. The lowest BCUT2D eigenvalue weighted by Crippen LogP contribution is -2.46. The molecule has 2 unspecified atom stereocenters. The van der Waals surface area contributed by atoms with Gasteiger partial charge in [-0.05, 0) is 25.8 Å². The van der Waals surface area contributed by atoms with Gasteiger partial charge in [-0.3, -0.25) is 0 Å². The van der Waals surface area contributed by atoms with Gasteiger partial charge in [0.2, 0.25) is 0 Å². The lowest BCUT2D eigenvalue weighted by atomic mass is 10.1. The second-order valence-electron chi connectivity index (χ2n) is 3.56. The summed E-state index contributed by atoms with van der Waals surface area (Å²) < 4.78 is 27.0. The van der Waals surface area contributed by atoms with Gasteiger partial charge in [0, 0.05) is 6.54 Å². The second kappa shape index (κ2) is 5.25. The fourth-order valence-electron chi connectivity index (χ4n) is 1.15. The molecule has 2 atom stereocenters. The molecule has 0 rings (SSSR count). The molecular weight excluding hydrogens is 184 g/mol. The van der Waals surface area contributed by atoms with E-state index in [-0.39, 0.29) is 13.0 Å². The molecule has 3 heteroatoms. The van der Waals surface area contributed by atoms with E-state index in [1.807, 2.05) is 0 Å². The molecule has 0 aromatic heterocycles. The molecule has 14 heavy (non-hydrogen) atoms. The van der Waals surface area contributed by atoms with Gasteiger partial charge in [-0.1, -0.05) is 26.2 Å². The van der Waals surface area contributed by atoms with Crippen molar-refractivity contribution in [3.05, 3.63) is 24.8 Å². The Bertz CT molecular complexity index is 209. The quantitative estimate of drug-likeness (QED) is 0.472. The average Bonchev–Trinajstić information content (AvgIpc) is 2.12. The number of alkyl halides is 2. The minimum Gasteiger partial charge on any atom is -0.237 e. The van der Waals surface area contributed by atoms with E-state index < -0.39 is 12.1 Å². The van der Waals surface area contributed by atoms with Crippen molar-refractivity contribution in [3.8, 4) is 0 Å². The Balaban J connectivity index is 4.60. The van der Waals surface area contributed by atoms with Crippen LogP contribution in [0.3, 0.4) is 0 Å². The topological polar surface area (TPSA) is 3.24 Å². The SMILES string of the molecule is C=CC(=C)CN(C(C)F)C(C)(F)CC. The highest BCUT2D eigenvalue weighted by atomic mass is 19.2. The van der Waals surface area contributed by atoms with Crippen molar-refractivity contribution in [2.24, 2.45) is 0 Å². The minimum atomic E-state index is -1.64. The van der Waals surface area contributed by atoms with E-state index in [0.29, 0.717) is 5.57 Å². The third kappa shape index (κ3) is 3.58. The Hall–Kier alpha value is -0.700. The largest absolute Gasteiger partial charge is 0.237 e. The van der Waals surface area contributed by atoms with Crippen molar-refractivity contribution in [1.29, 1.82) is 0 Å². The minimum absolute atomic E-state index is 0.169. The molecule has 0 aliphatic rings. The summed E-state index contributed by atoms with van der Waals surface area (Å²) in [5.74, 6) is -1.64. The molecular formula is C11H19F2N. The van der Waals surface area contributed by atoms with E-state index in [0.717, 1.165) is 4.90 Å². The summed E-state index contributed by atoms with van der Waals surface area (Å²) in [5.41, 5.74) is 0.617. The van der Waals surface area contributed by atoms with Crippen LogP contribution in [0.15, 0.2) is 24.8 Å². The molecule has 0 bridgehead atoms. The Kier molecular flexibility index (Phi) is 4.99. The highest BCUT2D eigenvalue weighted by Gasteiger charge is 2.33. The maximum absolute atomic E-state index is 13.8. The summed E-state index contributed by atoms with van der Waals surface area (Å²) in [6.45, 7) is 11.7. The van der Waals surface area contributed by atoms with Gasteiger partial charge < -0.3 is 0 Å². The van der Waals surface area contributed by atoms with Gasteiger partial charge in [0.05, 0.1) is 0 Å². The molecule has 0 saturated heterocycles. The number of hydrogen-bond donors (Lipinski definition) is 0. The van der Waals surface area contributed by atoms with Crippen LogP contribution in [0.2, 0.25) is 0 Å². The van der Waals surface area contributed by atoms with Crippen LogP contribution in [0.25, 0.3) is 0 Å². The first-order chi connectivity index (χ1) is 6.35. The molecule has 0 amide bonds. The standard InChI is InChI=1S/C11H19F2N/c1-6-9(3)8-14(10(4)12)11(5,13)7-2/h6,10H,1,3,7-8H2,2,4-5H3. The summed E-state index contributed by atoms with van der Waals surface area (Å²) in [6, 6.07) is 0. The molecule has 0 aliphatic carbocycles. The molecule has 0 heterocycles. The van der Waals surface area contributed by atoms with Gasteiger partial charge in [-0.25, -0.2) is 13.7 Å². The average molecular weight is 203 g/mol. The lowest BCUT2D eigenvalue weighted by Gasteiger charge is -2.35. The summed E-state index contributed by atoms with van der Waals surface area (Å²) >= 11 is 0. The molecule has 0 saturated carbocycles. The molecule has 1 nitrogen and oxygen atoms in total. The number of nitrogens with zero attached hydrogens (tertiary/aromatic N) is 1. The first kappa shape index (κ1) is 13.3. The van der Waals surface area contributed by atoms with Crippen LogP contribution in [0.5, 0.6) is 0 Å². The third-order valence-corrected chi connectivity index (χ3v) is 2.34. The van der Waals surface area contributed by atoms with Crippen molar-refractivity contribution >= 4 is 0 Å². The van der Waals surface area contributed by atoms with Crippen LogP contribution in [0, 0.1) is 0 Å². The van der Waals surface area contributed by atoms with Crippen LogP contribution >= 0.6 is 0 Å². The van der Waals surface area contributed by atoms with Crippen molar-refractivity contribution in [2.45, 2.75) is 39.3 Å². The van der Waals surface area contributed by atoms with E-state index >= 15 is 0 Å². The van der Waals surface area contributed by atoms with Gasteiger partial charge in [0.15, 0.2) is 12.1 Å². The van der Waals surface area contributed by atoms with Crippen LogP contribution in [0.4, 0.5) is 8.78 Å². The van der Waals surface area contributed by atoms with Crippen molar-refractivity contribution < 1.29 is 8.78 Å². The van der Waals surface area contributed by atoms with Crippen LogP contribution < -0.4 is 0 Å². The Labute approximate surface area is 85.1 Å². The van der Waals surface area contributed by atoms with Gasteiger partial charge in [-0.15, -0.1) is 0 Å². The first-order valence-corrected chi connectivity index (χ1v) is 4.75. The molecule has 0 aromatic rings. The molecule has 0 N–H and O–H groups in total. The van der Waals surface area contributed by atoms with Crippen LogP contribution in [0.1, 0.15) is 27.2 Å². The van der Waals surface area contributed by atoms with Crippen molar-refractivity contribution in [2.75, 3.05) is 6.54 Å². The fourth-order valence-corrected chi connectivity index (χ4v) is 1.15. The summed E-state index contributed by atoms with van der Waals surface area (Å²) in [7, 11) is 0. The maximum Gasteiger partial charge on any atom is 0.163 e.